The van der Waals surface area contributed by atoms with Gasteiger partial charge in [-0.1, -0.05) is 12.1 Å². The SMILES string of the molecule is Cc1cccc(NCc2cncn2C)c1C#N. The molecule has 86 valence electrons. The molecule has 1 aromatic carbocycles. The van der Waals surface area contributed by atoms with Crippen molar-refractivity contribution in [3.05, 3.63) is 47.5 Å². The fraction of sp³-hybridized carbons (Fsp3) is 0.231. The van der Waals surface area contributed by atoms with Crippen molar-refractivity contribution >= 4 is 5.69 Å². The van der Waals surface area contributed by atoms with Crippen LogP contribution in [-0.4, -0.2) is 9.55 Å². The normalized spacial score (nSPS) is 9.94. The predicted molar refractivity (Wildman–Crippen MR) is 66.4 cm³/mol. The molecule has 0 aliphatic rings. The fourth-order valence-corrected chi connectivity index (χ4v) is 1.70. The first-order valence-corrected chi connectivity index (χ1v) is 5.41. The van der Waals surface area contributed by atoms with E-state index >= 15 is 0 Å². The maximum absolute atomic E-state index is 9.10. The molecule has 2 aromatic rings. The lowest BCUT2D eigenvalue weighted by Crippen LogP contribution is -2.05. The number of imidazole rings is 1. The molecule has 0 bridgehead atoms. The largest absolute Gasteiger partial charge is 0.378 e. The molecule has 4 nitrogen and oxygen atoms in total. The first-order valence-electron chi connectivity index (χ1n) is 5.41. The zero-order chi connectivity index (χ0) is 12.3. The predicted octanol–water partition coefficient (Wildman–Crippen LogP) is 2.21. The van der Waals surface area contributed by atoms with Crippen molar-refractivity contribution in [2.45, 2.75) is 13.5 Å². The fourth-order valence-electron chi connectivity index (χ4n) is 1.70. The minimum atomic E-state index is 0.661. The molecule has 1 N–H and O–H groups in total. The lowest BCUT2D eigenvalue weighted by Gasteiger charge is -2.09. The van der Waals surface area contributed by atoms with Crippen molar-refractivity contribution in [3.63, 3.8) is 0 Å². The number of hydrogen-bond acceptors (Lipinski definition) is 3. The van der Waals surface area contributed by atoms with Gasteiger partial charge in [0.05, 0.1) is 29.8 Å². The summed E-state index contributed by atoms with van der Waals surface area (Å²) in [6.07, 6.45) is 3.58. The highest BCUT2D eigenvalue weighted by Gasteiger charge is 2.05. The van der Waals surface area contributed by atoms with Gasteiger partial charge in [0.1, 0.15) is 6.07 Å². The second kappa shape index (κ2) is 4.71. The summed E-state index contributed by atoms with van der Waals surface area (Å²) >= 11 is 0. The van der Waals surface area contributed by atoms with Crippen LogP contribution >= 0.6 is 0 Å². The van der Waals surface area contributed by atoms with Crippen LogP contribution in [0.2, 0.25) is 0 Å². The van der Waals surface area contributed by atoms with E-state index in [1.165, 1.54) is 0 Å². The summed E-state index contributed by atoms with van der Waals surface area (Å²) in [5.41, 5.74) is 3.64. The van der Waals surface area contributed by atoms with E-state index < -0.39 is 0 Å². The third kappa shape index (κ3) is 2.28. The molecule has 1 aromatic heterocycles. The molecule has 2 rings (SSSR count). The van der Waals surface area contributed by atoms with Crippen molar-refractivity contribution in [2.75, 3.05) is 5.32 Å². The van der Waals surface area contributed by atoms with Crippen LogP contribution in [-0.2, 0) is 13.6 Å². The van der Waals surface area contributed by atoms with Gasteiger partial charge in [-0.25, -0.2) is 4.98 Å². The standard InChI is InChI=1S/C13H14N4/c1-10-4-3-5-13(12(10)6-14)16-8-11-7-15-9-17(11)2/h3-5,7,9,16H,8H2,1-2H3. The van der Waals surface area contributed by atoms with Gasteiger partial charge in [0, 0.05) is 13.2 Å². The smallest absolute Gasteiger partial charge is 0.102 e. The Balaban J connectivity index is 2.18. The van der Waals surface area contributed by atoms with Crippen LogP contribution in [0.3, 0.4) is 0 Å². The van der Waals surface area contributed by atoms with E-state index in [2.05, 4.69) is 16.4 Å². The highest BCUT2D eigenvalue weighted by Crippen LogP contribution is 2.18. The first kappa shape index (κ1) is 11.2. The molecule has 0 saturated carbocycles. The molecule has 0 radical (unpaired) electrons. The Morgan fingerprint density at radius 1 is 1.47 bits per heavy atom. The Hall–Kier alpha value is -2.28. The summed E-state index contributed by atoms with van der Waals surface area (Å²) in [6, 6.07) is 8.03. The summed E-state index contributed by atoms with van der Waals surface area (Å²) in [5, 5.41) is 12.4. The van der Waals surface area contributed by atoms with E-state index in [0.29, 0.717) is 12.1 Å². The molecule has 0 atom stereocenters. The topological polar surface area (TPSA) is 53.6 Å². The number of anilines is 1. The Morgan fingerprint density at radius 3 is 2.94 bits per heavy atom. The third-order valence-electron chi connectivity index (χ3n) is 2.76. The van der Waals surface area contributed by atoms with Crippen molar-refractivity contribution in [3.8, 4) is 6.07 Å². The average Bonchev–Trinajstić information content (AvgIpc) is 2.72. The second-order valence-electron chi connectivity index (χ2n) is 3.96. The molecular formula is C13H14N4. The zero-order valence-corrected chi connectivity index (χ0v) is 9.94. The molecule has 0 fully saturated rings. The Morgan fingerprint density at radius 2 is 2.29 bits per heavy atom. The van der Waals surface area contributed by atoms with Crippen molar-refractivity contribution < 1.29 is 0 Å². The number of nitrogens with zero attached hydrogens (tertiary/aromatic N) is 3. The van der Waals surface area contributed by atoms with Gasteiger partial charge < -0.3 is 9.88 Å². The summed E-state index contributed by atoms with van der Waals surface area (Å²) in [4.78, 5) is 4.05. The number of aromatic nitrogens is 2. The molecule has 0 saturated heterocycles. The van der Waals surface area contributed by atoms with Crippen LogP contribution in [0.15, 0.2) is 30.7 Å². The second-order valence-corrected chi connectivity index (χ2v) is 3.96. The van der Waals surface area contributed by atoms with E-state index in [1.807, 2.05) is 42.9 Å². The van der Waals surface area contributed by atoms with Crippen molar-refractivity contribution in [2.24, 2.45) is 7.05 Å². The number of benzene rings is 1. The Labute approximate surface area is 101 Å². The highest BCUT2D eigenvalue weighted by molar-refractivity contribution is 5.60. The Kier molecular flexibility index (Phi) is 3.10. The van der Waals surface area contributed by atoms with Gasteiger partial charge in [-0.3, -0.25) is 0 Å². The maximum atomic E-state index is 9.10. The van der Waals surface area contributed by atoms with Crippen LogP contribution in [0.4, 0.5) is 5.69 Å². The van der Waals surface area contributed by atoms with Gasteiger partial charge in [-0.05, 0) is 18.6 Å². The zero-order valence-electron chi connectivity index (χ0n) is 9.94. The van der Waals surface area contributed by atoms with E-state index in [9.17, 15) is 0 Å². The first-order chi connectivity index (χ1) is 8.22. The molecule has 0 amide bonds. The minimum Gasteiger partial charge on any atom is -0.378 e. The Bertz CT molecular complexity index is 563. The van der Waals surface area contributed by atoms with Gasteiger partial charge in [0.15, 0.2) is 0 Å². The van der Waals surface area contributed by atoms with Gasteiger partial charge in [0.25, 0.3) is 0 Å². The number of nitriles is 1. The molecule has 0 spiro atoms. The van der Waals surface area contributed by atoms with Gasteiger partial charge in [0.2, 0.25) is 0 Å². The lowest BCUT2D eigenvalue weighted by atomic mass is 10.1. The van der Waals surface area contributed by atoms with Crippen LogP contribution in [0.1, 0.15) is 16.8 Å². The summed E-state index contributed by atoms with van der Waals surface area (Å²) in [6.45, 7) is 2.60. The minimum absolute atomic E-state index is 0.661. The number of hydrogen-bond donors (Lipinski definition) is 1. The quantitative estimate of drug-likeness (QED) is 0.873. The van der Waals surface area contributed by atoms with Crippen LogP contribution in [0, 0.1) is 18.3 Å². The van der Waals surface area contributed by atoms with Crippen molar-refractivity contribution in [1.29, 1.82) is 5.26 Å². The molecular weight excluding hydrogens is 212 g/mol. The van der Waals surface area contributed by atoms with Crippen molar-refractivity contribution in [1.82, 2.24) is 9.55 Å². The van der Waals surface area contributed by atoms with Gasteiger partial charge >= 0.3 is 0 Å². The number of nitrogens with one attached hydrogen (secondary N) is 1. The molecule has 0 aliphatic carbocycles. The van der Waals surface area contributed by atoms with Crippen LogP contribution in [0.5, 0.6) is 0 Å². The third-order valence-corrected chi connectivity index (χ3v) is 2.76. The monoisotopic (exact) mass is 226 g/mol. The molecule has 0 unspecified atom stereocenters. The van der Waals surface area contributed by atoms with Crippen LogP contribution < -0.4 is 5.32 Å². The molecule has 0 aliphatic heterocycles. The van der Waals surface area contributed by atoms with Gasteiger partial charge in [-0.2, -0.15) is 5.26 Å². The summed E-state index contributed by atoms with van der Waals surface area (Å²) in [5.74, 6) is 0. The molecule has 1 heterocycles. The summed E-state index contributed by atoms with van der Waals surface area (Å²) < 4.78 is 1.95. The van der Waals surface area contributed by atoms with Gasteiger partial charge in [-0.15, -0.1) is 0 Å². The summed E-state index contributed by atoms with van der Waals surface area (Å²) in [7, 11) is 1.95. The number of rotatable bonds is 3. The van der Waals surface area contributed by atoms with E-state index in [0.717, 1.165) is 16.9 Å². The van der Waals surface area contributed by atoms with E-state index in [4.69, 9.17) is 5.26 Å². The molecule has 4 heteroatoms. The number of aryl methyl sites for hydroxylation is 2. The molecule has 17 heavy (non-hydrogen) atoms. The average molecular weight is 226 g/mol. The van der Waals surface area contributed by atoms with E-state index in [1.54, 1.807) is 6.33 Å². The van der Waals surface area contributed by atoms with Crippen LogP contribution in [0.25, 0.3) is 0 Å². The van der Waals surface area contributed by atoms with E-state index in [-0.39, 0.29) is 0 Å². The highest BCUT2D eigenvalue weighted by atomic mass is 15.0. The maximum Gasteiger partial charge on any atom is 0.102 e. The lowest BCUT2D eigenvalue weighted by molar-refractivity contribution is 0.837.